The van der Waals surface area contributed by atoms with E-state index >= 15 is 0 Å². The molecule has 0 spiro atoms. The van der Waals surface area contributed by atoms with Crippen molar-refractivity contribution in [1.82, 2.24) is 4.90 Å². The van der Waals surface area contributed by atoms with Crippen molar-refractivity contribution in [3.8, 4) is 0 Å². The first-order valence-electron chi connectivity index (χ1n) is 5.67. The lowest BCUT2D eigenvalue weighted by atomic mass is 10.1. The summed E-state index contributed by atoms with van der Waals surface area (Å²) in [5.74, 6) is 0. The van der Waals surface area contributed by atoms with Crippen LogP contribution in [0.4, 0.5) is 0 Å². The first kappa shape index (κ1) is 14.5. The summed E-state index contributed by atoms with van der Waals surface area (Å²) in [4.78, 5) is 2.09. The lowest BCUT2D eigenvalue weighted by molar-refractivity contribution is 0.0357. The first-order valence-corrected chi connectivity index (χ1v) is 6.05. The van der Waals surface area contributed by atoms with Crippen LogP contribution in [0.1, 0.15) is 18.5 Å². The molecule has 1 aromatic rings. The van der Waals surface area contributed by atoms with Gasteiger partial charge < -0.3 is 9.84 Å². The average Bonchev–Trinajstić information content (AvgIpc) is 2.29. The number of methoxy groups -OCH3 is 1. The summed E-state index contributed by atoms with van der Waals surface area (Å²) in [6.45, 7) is 3.04. The zero-order chi connectivity index (χ0) is 12.8. The van der Waals surface area contributed by atoms with Gasteiger partial charge in [-0.25, -0.2) is 0 Å². The summed E-state index contributed by atoms with van der Waals surface area (Å²) in [5, 5.41) is 10.4. The van der Waals surface area contributed by atoms with E-state index in [2.05, 4.69) is 11.8 Å². The molecule has 0 aliphatic carbocycles. The summed E-state index contributed by atoms with van der Waals surface area (Å²) in [6, 6.07) is 8.01. The minimum Gasteiger partial charge on any atom is -0.389 e. The Morgan fingerprint density at radius 2 is 1.94 bits per heavy atom. The molecular formula is C13H20ClNO2. The third-order valence-electron chi connectivity index (χ3n) is 2.87. The van der Waals surface area contributed by atoms with Crippen LogP contribution in [0.25, 0.3) is 0 Å². The van der Waals surface area contributed by atoms with Gasteiger partial charge in [0.15, 0.2) is 0 Å². The Hall–Kier alpha value is -0.610. The van der Waals surface area contributed by atoms with Gasteiger partial charge in [0.25, 0.3) is 0 Å². The van der Waals surface area contributed by atoms with Crippen LogP contribution < -0.4 is 0 Å². The van der Waals surface area contributed by atoms with E-state index in [9.17, 15) is 5.11 Å². The lowest BCUT2D eigenvalue weighted by Gasteiger charge is -2.27. The maximum absolute atomic E-state index is 9.67. The van der Waals surface area contributed by atoms with Crippen LogP contribution in [0.15, 0.2) is 24.3 Å². The van der Waals surface area contributed by atoms with Gasteiger partial charge in [0, 0.05) is 24.7 Å². The maximum Gasteiger partial charge on any atom is 0.0900 e. The molecule has 0 aliphatic heterocycles. The number of aliphatic hydroxyl groups is 1. The number of benzene rings is 1. The zero-order valence-electron chi connectivity index (χ0n) is 10.6. The summed E-state index contributed by atoms with van der Waals surface area (Å²) >= 11 is 5.85. The molecule has 4 heteroatoms. The SMILES string of the molecule is COCC(O)CN(C)C(C)c1ccc(Cl)cc1. The van der Waals surface area contributed by atoms with Crippen LogP contribution in [0.3, 0.4) is 0 Å². The molecule has 0 radical (unpaired) electrons. The Bertz CT molecular complexity index is 329. The number of halogens is 1. The van der Waals surface area contributed by atoms with Crippen LogP contribution in [0, 0.1) is 0 Å². The number of nitrogens with zero attached hydrogens (tertiary/aromatic N) is 1. The molecule has 1 N–H and O–H groups in total. The Labute approximate surface area is 108 Å². The Balaban J connectivity index is 2.56. The number of aliphatic hydroxyl groups excluding tert-OH is 1. The minimum atomic E-state index is -0.459. The highest BCUT2D eigenvalue weighted by molar-refractivity contribution is 6.30. The van der Waals surface area contributed by atoms with E-state index in [1.54, 1.807) is 7.11 Å². The van der Waals surface area contributed by atoms with Gasteiger partial charge in [0.05, 0.1) is 12.7 Å². The topological polar surface area (TPSA) is 32.7 Å². The highest BCUT2D eigenvalue weighted by Gasteiger charge is 2.15. The number of rotatable bonds is 6. The Morgan fingerprint density at radius 1 is 1.35 bits per heavy atom. The number of likely N-dealkylation sites (N-methyl/N-ethyl adjacent to an activating group) is 1. The lowest BCUT2D eigenvalue weighted by Crippen LogP contribution is -2.33. The quantitative estimate of drug-likeness (QED) is 0.849. The van der Waals surface area contributed by atoms with Crippen LogP contribution in [-0.2, 0) is 4.74 Å². The molecule has 0 aromatic heterocycles. The second-order valence-corrected chi connectivity index (χ2v) is 4.71. The average molecular weight is 258 g/mol. The minimum absolute atomic E-state index is 0.235. The Kier molecular flexibility index (Phi) is 5.92. The fourth-order valence-electron chi connectivity index (χ4n) is 1.73. The normalized spacial score (nSPS) is 14.9. The molecule has 96 valence electrons. The molecule has 0 saturated carbocycles. The molecule has 2 atom stereocenters. The van der Waals surface area contributed by atoms with Crippen molar-refractivity contribution in [2.24, 2.45) is 0 Å². The highest BCUT2D eigenvalue weighted by Crippen LogP contribution is 2.20. The molecular weight excluding hydrogens is 238 g/mol. The van der Waals surface area contributed by atoms with Crippen LogP contribution in [0.5, 0.6) is 0 Å². The molecule has 0 aliphatic rings. The van der Waals surface area contributed by atoms with Crippen molar-refractivity contribution >= 4 is 11.6 Å². The van der Waals surface area contributed by atoms with Gasteiger partial charge in [-0.15, -0.1) is 0 Å². The van der Waals surface area contributed by atoms with Gasteiger partial charge in [-0.2, -0.15) is 0 Å². The van der Waals surface area contributed by atoms with E-state index in [1.165, 1.54) is 5.56 Å². The molecule has 0 bridgehead atoms. The van der Waals surface area contributed by atoms with E-state index in [1.807, 2.05) is 31.3 Å². The molecule has 0 heterocycles. The number of ether oxygens (including phenoxy) is 1. The van der Waals surface area contributed by atoms with Crippen LogP contribution in [-0.4, -0.2) is 43.4 Å². The smallest absolute Gasteiger partial charge is 0.0900 e. The van der Waals surface area contributed by atoms with E-state index < -0.39 is 6.10 Å². The molecule has 0 saturated heterocycles. The summed E-state index contributed by atoms with van der Waals surface area (Å²) < 4.78 is 4.91. The van der Waals surface area contributed by atoms with Gasteiger partial charge in [-0.05, 0) is 31.7 Å². The maximum atomic E-state index is 9.67. The largest absolute Gasteiger partial charge is 0.389 e. The summed E-state index contributed by atoms with van der Waals surface area (Å²) in [5.41, 5.74) is 1.18. The Morgan fingerprint density at radius 3 is 2.47 bits per heavy atom. The molecule has 3 nitrogen and oxygen atoms in total. The van der Waals surface area contributed by atoms with E-state index in [-0.39, 0.29) is 6.04 Å². The highest BCUT2D eigenvalue weighted by atomic mass is 35.5. The van der Waals surface area contributed by atoms with Crippen molar-refractivity contribution in [3.63, 3.8) is 0 Å². The summed E-state index contributed by atoms with van der Waals surface area (Å²) in [7, 11) is 3.57. The molecule has 17 heavy (non-hydrogen) atoms. The first-order chi connectivity index (χ1) is 8.04. The van der Waals surface area contributed by atoms with Gasteiger partial charge in [0.1, 0.15) is 0 Å². The van der Waals surface area contributed by atoms with Crippen molar-refractivity contribution in [3.05, 3.63) is 34.9 Å². The predicted molar refractivity (Wildman–Crippen MR) is 70.4 cm³/mol. The van der Waals surface area contributed by atoms with Crippen molar-refractivity contribution < 1.29 is 9.84 Å². The zero-order valence-corrected chi connectivity index (χ0v) is 11.3. The molecule has 1 aromatic carbocycles. The fourth-order valence-corrected chi connectivity index (χ4v) is 1.86. The second-order valence-electron chi connectivity index (χ2n) is 4.28. The molecule has 1 rings (SSSR count). The van der Waals surface area contributed by atoms with Crippen LogP contribution >= 0.6 is 11.6 Å². The molecule has 2 unspecified atom stereocenters. The third-order valence-corrected chi connectivity index (χ3v) is 3.12. The second kappa shape index (κ2) is 6.97. The summed E-state index contributed by atoms with van der Waals surface area (Å²) in [6.07, 6.45) is -0.459. The third kappa shape index (κ3) is 4.64. The number of hydrogen-bond donors (Lipinski definition) is 1. The van der Waals surface area contributed by atoms with Crippen LogP contribution in [0.2, 0.25) is 5.02 Å². The van der Waals surface area contributed by atoms with E-state index in [4.69, 9.17) is 16.3 Å². The monoisotopic (exact) mass is 257 g/mol. The van der Waals surface area contributed by atoms with Crippen molar-refractivity contribution in [1.29, 1.82) is 0 Å². The molecule has 0 amide bonds. The van der Waals surface area contributed by atoms with Crippen molar-refractivity contribution in [2.75, 3.05) is 27.3 Å². The van der Waals surface area contributed by atoms with Gasteiger partial charge in [-0.3, -0.25) is 4.90 Å². The fraction of sp³-hybridized carbons (Fsp3) is 0.538. The van der Waals surface area contributed by atoms with Crippen molar-refractivity contribution in [2.45, 2.75) is 19.1 Å². The van der Waals surface area contributed by atoms with Gasteiger partial charge >= 0.3 is 0 Å². The predicted octanol–water partition coefficient (Wildman–Crippen LogP) is 2.34. The van der Waals surface area contributed by atoms with E-state index in [0.29, 0.717) is 13.2 Å². The van der Waals surface area contributed by atoms with E-state index in [0.717, 1.165) is 5.02 Å². The standard InChI is InChI=1S/C13H20ClNO2/c1-10(11-4-6-12(14)7-5-11)15(2)8-13(16)9-17-3/h4-7,10,13,16H,8-9H2,1-3H3. The molecule has 0 fully saturated rings. The number of hydrogen-bond acceptors (Lipinski definition) is 3. The van der Waals surface area contributed by atoms with Gasteiger partial charge in [-0.1, -0.05) is 23.7 Å². The van der Waals surface area contributed by atoms with Gasteiger partial charge in [0.2, 0.25) is 0 Å².